The van der Waals surface area contributed by atoms with Gasteiger partial charge < -0.3 is 5.73 Å². The molecule has 0 atom stereocenters. The van der Waals surface area contributed by atoms with E-state index in [0.29, 0.717) is 6.54 Å². The van der Waals surface area contributed by atoms with E-state index in [4.69, 9.17) is 5.73 Å². The molecule has 0 amide bonds. The van der Waals surface area contributed by atoms with Crippen LogP contribution in [0.2, 0.25) is 0 Å². The maximum Gasteiger partial charge on any atom is 0.0192 e. The van der Waals surface area contributed by atoms with Gasteiger partial charge in [-0.2, -0.15) is 11.3 Å². The molecule has 0 unspecified atom stereocenters. The maximum atomic E-state index is 5.72. The SMILES string of the molecule is Cc1cc(C)cc(-c2cscc2CN)c1. The van der Waals surface area contributed by atoms with Crippen molar-refractivity contribution >= 4 is 11.3 Å². The van der Waals surface area contributed by atoms with Gasteiger partial charge in [0.2, 0.25) is 0 Å². The van der Waals surface area contributed by atoms with Gasteiger partial charge in [0, 0.05) is 6.54 Å². The number of benzene rings is 1. The normalized spacial score (nSPS) is 10.6. The zero-order chi connectivity index (χ0) is 10.8. The molecule has 1 aromatic heterocycles. The lowest BCUT2D eigenvalue weighted by atomic mass is 10.0. The number of thiophene rings is 1. The number of rotatable bonds is 2. The number of aryl methyl sites for hydroxylation is 2. The molecule has 78 valence electrons. The molecule has 2 rings (SSSR count). The molecule has 1 aromatic carbocycles. The fourth-order valence-corrected chi connectivity index (χ4v) is 2.74. The highest BCUT2D eigenvalue weighted by molar-refractivity contribution is 7.08. The molecule has 2 heteroatoms. The molecule has 0 aliphatic heterocycles. The molecular weight excluding hydrogens is 202 g/mol. The van der Waals surface area contributed by atoms with Gasteiger partial charge in [0.15, 0.2) is 0 Å². The van der Waals surface area contributed by atoms with Crippen molar-refractivity contribution in [3.63, 3.8) is 0 Å². The first-order chi connectivity index (χ1) is 7.20. The van der Waals surface area contributed by atoms with Gasteiger partial charge in [0.1, 0.15) is 0 Å². The molecule has 0 saturated heterocycles. The van der Waals surface area contributed by atoms with Crippen LogP contribution in [0.4, 0.5) is 0 Å². The van der Waals surface area contributed by atoms with E-state index >= 15 is 0 Å². The van der Waals surface area contributed by atoms with Crippen molar-refractivity contribution in [1.29, 1.82) is 0 Å². The van der Waals surface area contributed by atoms with Crippen LogP contribution in [0, 0.1) is 13.8 Å². The van der Waals surface area contributed by atoms with E-state index in [1.54, 1.807) is 11.3 Å². The van der Waals surface area contributed by atoms with Crippen LogP contribution in [0.25, 0.3) is 11.1 Å². The average Bonchev–Trinajstić information content (AvgIpc) is 2.63. The third-order valence-corrected chi connectivity index (χ3v) is 3.29. The fraction of sp³-hybridized carbons (Fsp3) is 0.231. The van der Waals surface area contributed by atoms with Crippen molar-refractivity contribution in [2.45, 2.75) is 20.4 Å². The summed E-state index contributed by atoms with van der Waals surface area (Å²) in [6.45, 7) is 4.88. The smallest absolute Gasteiger partial charge is 0.0192 e. The second-order valence-corrected chi connectivity index (χ2v) is 4.63. The summed E-state index contributed by atoms with van der Waals surface area (Å²) in [6.07, 6.45) is 0. The monoisotopic (exact) mass is 217 g/mol. The lowest BCUT2D eigenvalue weighted by molar-refractivity contribution is 1.08. The molecule has 0 spiro atoms. The number of hydrogen-bond acceptors (Lipinski definition) is 2. The number of nitrogens with two attached hydrogens (primary N) is 1. The van der Waals surface area contributed by atoms with Crippen molar-refractivity contribution in [2.75, 3.05) is 0 Å². The highest BCUT2D eigenvalue weighted by Crippen LogP contribution is 2.28. The average molecular weight is 217 g/mol. The zero-order valence-electron chi connectivity index (χ0n) is 9.08. The Hall–Kier alpha value is -1.12. The van der Waals surface area contributed by atoms with E-state index in [-0.39, 0.29) is 0 Å². The largest absolute Gasteiger partial charge is 0.326 e. The van der Waals surface area contributed by atoms with Crippen LogP contribution in [0.3, 0.4) is 0 Å². The van der Waals surface area contributed by atoms with Gasteiger partial charge >= 0.3 is 0 Å². The Kier molecular flexibility index (Phi) is 2.89. The Bertz CT molecular complexity index is 451. The minimum atomic E-state index is 0.617. The molecule has 0 bridgehead atoms. The second-order valence-electron chi connectivity index (χ2n) is 3.89. The van der Waals surface area contributed by atoms with Crippen LogP contribution < -0.4 is 5.73 Å². The predicted molar refractivity (Wildman–Crippen MR) is 67.1 cm³/mol. The van der Waals surface area contributed by atoms with Crippen molar-refractivity contribution in [2.24, 2.45) is 5.73 Å². The Morgan fingerprint density at radius 3 is 2.33 bits per heavy atom. The van der Waals surface area contributed by atoms with Gasteiger partial charge in [-0.3, -0.25) is 0 Å². The molecule has 2 aromatic rings. The summed E-state index contributed by atoms with van der Waals surface area (Å²) in [5.74, 6) is 0. The Morgan fingerprint density at radius 2 is 1.73 bits per heavy atom. The standard InChI is InChI=1S/C13H15NS/c1-9-3-10(2)5-11(4-9)13-8-15-7-12(13)6-14/h3-5,7-8H,6,14H2,1-2H3. The predicted octanol–water partition coefficient (Wildman–Crippen LogP) is 3.49. The van der Waals surface area contributed by atoms with Crippen LogP contribution >= 0.6 is 11.3 Å². The van der Waals surface area contributed by atoms with Crippen molar-refractivity contribution in [3.8, 4) is 11.1 Å². The van der Waals surface area contributed by atoms with E-state index in [1.165, 1.54) is 27.8 Å². The topological polar surface area (TPSA) is 26.0 Å². The van der Waals surface area contributed by atoms with E-state index in [0.717, 1.165) is 0 Å². The van der Waals surface area contributed by atoms with Crippen LogP contribution in [-0.4, -0.2) is 0 Å². The first-order valence-electron chi connectivity index (χ1n) is 5.04. The van der Waals surface area contributed by atoms with Crippen molar-refractivity contribution in [3.05, 3.63) is 45.6 Å². The summed E-state index contributed by atoms with van der Waals surface area (Å²) in [6, 6.07) is 6.63. The Morgan fingerprint density at radius 1 is 1.07 bits per heavy atom. The van der Waals surface area contributed by atoms with Crippen molar-refractivity contribution < 1.29 is 0 Å². The molecule has 1 nitrogen and oxygen atoms in total. The van der Waals surface area contributed by atoms with Gasteiger partial charge in [-0.25, -0.2) is 0 Å². The van der Waals surface area contributed by atoms with E-state index in [2.05, 4.69) is 42.8 Å². The minimum Gasteiger partial charge on any atom is -0.326 e. The Labute approximate surface area is 94.6 Å². The lowest BCUT2D eigenvalue weighted by Crippen LogP contribution is -1.96. The van der Waals surface area contributed by atoms with Gasteiger partial charge in [0.25, 0.3) is 0 Å². The highest BCUT2D eigenvalue weighted by Gasteiger charge is 2.05. The van der Waals surface area contributed by atoms with Gasteiger partial charge in [0.05, 0.1) is 0 Å². The molecular formula is C13H15NS. The molecule has 15 heavy (non-hydrogen) atoms. The molecule has 0 fully saturated rings. The number of hydrogen-bond donors (Lipinski definition) is 1. The first-order valence-corrected chi connectivity index (χ1v) is 5.99. The molecule has 2 N–H and O–H groups in total. The van der Waals surface area contributed by atoms with Gasteiger partial charge in [-0.1, -0.05) is 29.3 Å². The first kappa shape index (κ1) is 10.4. The van der Waals surface area contributed by atoms with Crippen LogP contribution in [-0.2, 0) is 6.54 Å². The van der Waals surface area contributed by atoms with E-state index in [1.807, 2.05) is 0 Å². The third-order valence-electron chi connectivity index (χ3n) is 2.49. The molecule has 0 aliphatic carbocycles. The van der Waals surface area contributed by atoms with E-state index in [9.17, 15) is 0 Å². The summed E-state index contributed by atoms with van der Waals surface area (Å²) in [5.41, 5.74) is 12.1. The van der Waals surface area contributed by atoms with Crippen LogP contribution in [0.1, 0.15) is 16.7 Å². The molecule has 1 heterocycles. The molecule has 0 aliphatic rings. The summed E-state index contributed by atoms with van der Waals surface area (Å²) >= 11 is 1.72. The fourth-order valence-electron chi connectivity index (χ4n) is 1.87. The third kappa shape index (κ3) is 2.11. The summed E-state index contributed by atoms with van der Waals surface area (Å²) in [5, 5.41) is 4.31. The molecule has 0 radical (unpaired) electrons. The second kappa shape index (κ2) is 4.17. The minimum absolute atomic E-state index is 0.617. The highest BCUT2D eigenvalue weighted by atomic mass is 32.1. The van der Waals surface area contributed by atoms with Crippen LogP contribution in [0.5, 0.6) is 0 Å². The summed E-state index contributed by atoms with van der Waals surface area (Å²) < 4.78 is 0. The summed E-state index contributed by atoms with van der Waals surface area (Å²) in [4.78, 5) is 0. The maximum absolute atomic E-state index is 5.72. The lowest BCUT2D eigenvalue weighted by Gasteiger charge is -2.05. The van der Waals surface area contributed by atoms with Crippen molar-refractivity contribution in [1.82, 2.24) is 0 Å². The van der Waals surface area contributed by atoms with E-state index < -0.39 is 0 Å². The zero-order valence-corrected chi connectivity index (χ0v) is 9.90. The molecule has 0 saturated carbocycles. The van der Waals surface area contributed by atoms with Crippen LogP contribution in [0.15, 0.2) is 29.0 Å². The van der Waals surface area contributed by atoms with Gasteiger partial charge in [-0.05, 0) is 41.3 Å². The quantitative estimate of drug-likeness (QED) is 0.818. The van der Waals surface area contributed by atoms with Gasteiger partial charge in [-0.15, -0.1) is 0 Å². The summed E-state index contributed by atoms with van der Waals surface area (Å²) in [7, 11) is 0. The Balaban J connectivity index is 2.53.